The van der Waals surface area contributed by atoms with Gasteiger partial charge in [-0.15, -0.1) is 0 Å². The van der Waals surface area contributed by atoms with Crippen LogP contribution in [0, 0.1) is 0 Å². The number of carbonyl (C=O) groups excluding carboxylic acids is 1. The summed E-state index contributed by atoms with van der Waals surface area (Å²) in [5.74, 6) is 0. The summed E-state index contributed by atoms with van der Waals surface area (Å²) in [5.41, 5.74) is 0.182. The maximum Gasteiger partial charge on any atom is 0.411 e. The van der Waals surface area contributed by atoms with Crippen molar-refractivity contribution in [1.29, 1.82) is 0 Å². The number of nitrogens with zero attached hydrogens (tertiary/aromatic N) is 3. The first-order chi connectivity index (χ1) is 8.22. The van der Waals surface area contributed by atoms with Crippen LogP contribution in [0.3, 0.4) is 0 Å². The molecule has 0 atom stereocenters. The van der Waals surface area contributed by atoms with Gasteiger partial charge in [0.05, 0.1) is 17.8 Å². The Hall–Kier alpha value is -1.52. The van der Waals surface area contributed by atoms with Crippen LogP contribution < -0.4 is 0 Å². The molecule has 1 aromatic rings. The molecule has 0 aromatic carbocycles. The molecule has 5 nitrogen and oxygen atoms in total. The van der Waals surface area contributed by atoms with Crippen molar-refractivity contribution < 1.29 is 9.53 Å². The van der Waals surface area contributed by atoms with Crippen molar-refractivity contribution in [3.8, 4) is 0 Å². The van der Waals surface area contributed by atoms with Gasteiger partial charge in [0.2, 0.25) is 0 Å². The SMILES string of the molecule is CC(C)(C)OC(=O)N1CCn2nccc2C1(C)C. The molecule has 1 aliphatic rings. The molecule has 2 heterocycles. The van der Waals surface area contributed by atoms with Gasteiger partial charge in [-0.2, -0.15) is 5.10 Å². The van der Waals surface area contributed by atoms with Crippen LogP contribution in [0.2, 0.25) is 0 Å². The molecule has 0 bridgehead atoms. The van der Waals surface area contributed by atoms with Crippen molar-refractivity contribution in [3.05, 3.63) is 18.0 Å². The summed E-state index contributed by atoms with van der Waals surface area (Å²) in [4.78, 5) is 14.0. The third kappa shape index (κ3) is 2.21. The van der Waals surface area contributed by atoms with Gasteiger partial charge in [0.25, 0.3) is 0 Å². The molecule has 5 heteroatoms. The Balaban J connectivity index is 2.24. The largest absolute Gasteiger partial charge is 0.444 e. The number of ether oxygens (including phenoxy) is 1. The quantitative estimate of drug-likeness (QED) is 0.711. The molecule has 1 aromatic heterocycles. The van der Waals surface area contributed by atoms with Gasteiger partial charge in [-0.05, 0) is 40.7 Å². The Morgan fingerprint density at radius 2 is 2.06 bits per heavy atom. The van der Waals surface area contributed by atoms with Crippen LogP contribution in [0.15, 0.2) is 12.3 Å². The van der Waals surface area contributed by atoms with E-state index < -0.39 is 11.1 Å². The van der Waals surface area contributed by atoms with Crippen LogP contribution in [0.4, 0.5) is 4.79 Å². The highest BCUT2D eigenvalue weighted by Crippen LogP contribution is 2.32. The first-order valence-electron chi connectivity index (χ1n) is 6.25. The Morgan fingerprint density at radius 1 is 1.39 bits per heavy atom. The van der Waals surface area contributed by atoms with Gasteiger partial charge in [0, 0.05) is 12.7 Å². The zero-order chi connectivity index (χ0) is 13.6. The second-order valence-corrected chi connectivity index (χ2v) is 6.13. The smallest absolute Gasteiger partial charge is 0.411 e. The van der Waals surface area contributed by atoms with Crippen molar-refractivity contribution in [1.82, 2.24) is 14.7 Å². The Kier molecular flexibility index (Phi) is 2.87. The average Bonchev–Trinajstić information content (AvgIpc) is 2.63. The summed E-state index contributed by atoms with van der Waals surface area (Å²) in [6, 6.07) is 1.95. The number of rotatable bonds is 0. The van der Waals surface area contributed by atoms with Crippen LogP contribution in [0.5, 0.6) is 0 Å². The van der Waals surface area contributed by atoms with Crippen molar-refractivity contribution in [2.75, 3.05) is 6.54 Å². The van der Waals surface area contributed by atoms with Gasteiger partial charge >= 0.3 is 6.09 Å². The van der Waals surface area contributed by atoms with Gasteiger partial charge in [0.1, 0.15) is 5.60 Å². The maximum absolute atomic E-state index is 12.2. The summed E-state index contributed by atoms with van der Waals surface area (Å²) in [6.07, 6.45) is 1.51. The van der Waals surface area contributed by atoms with Gasteiger partial charge in [0.15, 0.2) is 0 Å². The number of hydrogen-bond acceptors (Lipinski definition) is 3. The van der Waals surface area contributed by atoms with Gasteiger partial charge in [-0.1, -0.05) is 0 Å². The topological polar surface area (TPSA) is 47.4 Å². The fourth-order valence-electron chi connectivity index (χ4n) is 2.28. The second-order valence-electron chi connectivity index (χ2n) is 6.13. The highest BCUT2D eigenvalue weighted by molar-refractivity contribution is 5.69. The third-order valence-electron chi connectivity index (χ3n) is 3.17. The lowest BCUT2D eigenvalue weighted by molar-refractivity contribution is -0.00675. The van der Waals surface area contributed by atoms with Crippen LogP contribution in [-0.4, -0.2) is 32.9 Å². The van der Waals surface area contributed by atoms with Gasteiger partial charge in [-0.3, -0.25) is 9.58 Å². The number of aromatic nitrogens is 2. The molecule has 0 spiro atoms. The number of amides is 1. The highest BCUT2D eigenvalue weighted by Gasteiger charge is 2.40. The summed E-state index contributed by atoms with van der Waals surface area (Å²) in [6.45, 7) is 11.0. The fourth-order valence-corrected chi connectivity index (χ4v) is 2.28. The molecule has 100 valence electrons. The second kappa shape index (κ2) is 4.00. The molecular weight excluding hydrogens is 230 g/mol. The molecule has 0 aliphatic carbocycles. The minimum absolute atomic E-state index is 0.264. The number of hydrogen-bond donors (Lipinski definition) is 0. The van der Waals surface area contributed by atoms with Crippen LogP contribution in [0.25, 0.3) is 0 Å². The molecular formula is C13H21N3O2. The first kappa shape index (κ1) is 12.9. The van der Waals surface area contributed by atoms with E-state index >= 15 is 0 Å². The highest BCUT2D eigenvalue weighted by atomic mass is 16.6. The molecule has 0 unspecified atom stereocenters. The van der Waals surface area contributed by atoms with Crippen molar-refractivity contribution in [2.24, 2.45) is 0 Å². The average molecular weight is 251 g/mol. The zero-order valence-corrected chi connectivity index (χ0v) is 11.7. The Bertz CT molecular complexity index is 457. The van der Waals surface area contributed by atoms with E-state index in [9.17, 15) is 4.79 Å². The number of fused-ring (bicyclic) bond motifs is 1. The first-order valence-corrected chi connectivity index (χ1v) is 6.25. The maximum atomic E-state index is 12.2. The standard InChI is InChI=1S/C13H21N3O2/c1-12(2,3)18-11(17)15-8-9-16-10(6-7-14-16)13(15,4)5/h6-7H,8-9H2,1-5H3. The van der Waals surface area contributed by atoms with Gasteiger partial charge < -0.3 is 4.74 Å². The summed E-state index contributed by atoms with van der Waals surface area (Å²) in [7, 11) is 0. The summed E-state index contributed by atoms with van der Waals surface area (Å²) < 4.78 is 7.41. The molecule has 0 fully saturated rings. The van der Waals surface area contributed by atoms with E-state index in [0.717, 1.165) is 5.69 Å². The van der Waals surface area contributed by atoms with E-state index in [0.29, 0.717) is 13.1 Å². The van der Waals surface area contributed by atoms with E-state index in [1.54, 1.807) is 11.1 Å². The fraction of sp³-hybridized carbons (Fsp3) is 0.692. The normalized spacial score (nSPS) is 18.4. The molecule has 18 heavy (non-hydrogen) atoms. The molecule has 0 saturated heterocycles. The summed E-state index contributed by atoms with van der Waals surface area (Å²) >= 11 is 0. The molecule has 1 amide bonds. The predicted molar refractivity (Wildman–Crippen MR) is 68.2 cm³/mol. The molecule has 0 N–H and O–H groups in total. The van der Waals surface area contributed by atoms with E-state index in [1.807, 2.05) is 45.4 Å². The lowest BCUT2D eigenvalue weighted by Gasteiger charge is -2.42. The monoisotopic (exact) mass is 251 g/mol. The molecule has 2 rings (SSSR count). The van der Waals surface area contributed by atoms with Crippen LogP contribution in [0.1, 0.15) is 40.3 Å². The Labute approximate surface area is 108 Å². The molecule has 1 aliphatic heterocycles. The predicted octanol–water partition coefficient (Wildman–Crippen LogP) is 2.37. The van der Waals surface area contributed by atoms with Crippen molar-refractivity contribution in [3.63, 3.8) is 0 Å². The number of carbonyl (C=O) groups is 1. The molecule has 0 saturated carbocycles. The molecule has 0 radical (unpaired) electrons. The van der Waals surface area contributed by atoms with E-state index in [1.165, 1.54) is 0 Å². The Morgan fingerprint density at radius 3 is 2.67 bits per heavy atom. The van der Waals surface area contributed by atoms with Crippen LogP contribution in [-0.2, 0) is 16.8 Å². The van der Waals surface area contributed by atoms with Crippen LogP contribution >= 0.6 is 0 Å². The lowest BCUT2D eigenvalue weighted by atomic mass is 9.96. The van der Waals surface area contributed by atoms with Gasteiger partial charge in [-0.25, -0.2) is 4.79 Å². The van der Waals surface area contributed by atoms with E-state index in [-0.39, 0.29) is 6.09 Å². The van der Waals surface area contributed by atoms with Crippen molar-refractivity contribution in [2.45, 2.75) is 52.3 Å². The van der Waals surface area contributed by atoms with E-state index in [4.69, 9.17) is 4.74 Å². The van der Waals surface area contributed by atoms with Crippen molar-refractivity contribution >= 4 is 6.09 Å². The van der Waals surface area contributed by atoms with E-state index in [2.05, 4.69) is 5.10 Å². The zero-order valence-electron chi connectivity index (χ0n) is 11.7. The summed E-state index contributed by atoms with van der Waals surface area (Å²) in [5, 5.41) is 4.26. The minimum Gasteiger partial charge on any atom is -0.444 e. The minimum atomic E-state index is -0.467. The third-order valence-corrected chi connectivity index (χ3v) is 3.17. The lowest BCUT2D eigenvalue weighted by Crippen LogP contribution is -2.53.